The van der Waals surface area contributed by atoms with Crippen molar-refractivity contribution in [2.24, 2.45) is 0 Å². The Kier molecular flexibility index (Phi) is 8.01. The van der Waals surface area contributed by atoms with Crippen molar-refractivity contribution in [2.45, 2.75) is 38.5 Å². The number of ether oxygens (including phenoxy) is 1. The summed E-state index contributed by atoms with van der Waals surface area (Å²) in [7, 11) is 0. The maximum Gasteiger partial charge on any atom is 0.405 e. The average Bonchev–Trinajstić information content (AvgIpc) is 2.76. The molecule has 176 valence electrons. The van der Waals surface area contributed by atoms with Crippen LogP contribution < -0.4 is 10.1 Å². The Morgan fingerprint density at radius 3 is 2.33 bits per heavy atom. The van der Waals surface area contributed by atoms with Crippen LogP contribution >= 0.6 is 11.6 Å². The van der Waals surface area contributed by atoms with Gasteiger partial charge in [-0.3, -0.25) is 0 Å². The van der Waals surface area contributed by atoms with Gasteiger partial charge in [-0.05, 0) is 41.3 Å². The molecule has 0 radical (unpaired) electrons. The summed E-state index contributed by atoms with van der Waals surface area (Å²) in [6.07, 6.45) is 1.33. The van der Waals surface area contributed by atoms with Gasteiger partial charge in [-0.25, -0.2) is 15.0 Å². The fourth-order valence-corrected chi connectivity index (χ4v) is 3.49. The molecule has 1 unspecified atom stereocenters. The van der Waals surface area contributed by atoms with Crippen molar-refractivity contribution in [3.63, 3.8) is 0 Å². The Morgan fingerprint density at radius 2 is 1.73 bits per heavy atom. The van der Waals surface area contributed by atoms with Gasteiger partial charge in [-0.15, -0.1) is 0 Å². The number of anilines is 1. The Morgan fingerprint density at radius 1 is 1.03 bits per heavy atom. The van der Waals surface area contributed by atoms with Crippen LogP contribution in [-0.2, 0) is 0 Å². The lowest BCUT2D eigenvalue weighted by molar-refractivity contribution is -0.115. The van der Waals surface area contributed by atoms with Gasteiger partial charge >= 0.3 is 12.8 Å². The lowest BCUT2D eigenvalue weighted by Gasteiger charge is -2.19. The number of alkyl halides is 5. The van der Waals surface area contributed by atoms with Crippen molar-refractivity contribution in [3.05, 3.63) is 65.1 Å². The molecule has 0 amide bonds. The third-order valence-electron chi connectivity index (χ3n) is 4.71. The van der Waals surface area contributed by atoms with Crippen molar-refractivity contribution >= 4 is 17.5 Å². The number of nitrogens with one attached hydrogen (secondary N) is 1. The predicted octanol–water partition coefficient (Wildman–Crippen LogP) is 6.70. The van der Waals surface area contributed by atoms with Crippen molar-refractivity contribution in [1.82, 2.24) is 15.0 Å². The van der Waals surface area contributed by atoms with Crippen LogP contribution in [0.2, 0.25) is 5.02 Å². The fourth-order valence-electron chi connectivity index (χ4n) is 3.30. The summed E-state index contributed by atoms with van der Waals surface area (Å²) in [6, 6.07) is 8.33. The van der Waals surface area contributed by atoms with Crippen LogP contribution in [0.3, 0.4) is 0 Å². The van der Waals surface area contributed by atoms with Gasteiger partial charge in [0.2, 0.25) is 11.8 Å². The molecule has 33 heavy (non-hydrogen) atoms. The molecule has 11 heteroatoms. The van der Waals surface area contributed by atoms with Crippen LogP contribution in [0.4, 0.5) is 27.9 Å². The minimum Gasteiger partial charge on any atom is -0.416 e. The Bertz CT molecular complexity index is 1060. The second kappa shape index (κ2) is 10.7. The quantitative estimate of drug-likeness (QED) is 0.341. The molecule has 2 heterocycles. The number of rotatable bonds is 9. The highest BCUT2D eigenvalue weighted by atomic mass is 35.5. The number of hydrogen-bond acceptors (Lipinski definition) is 5. The van der Waals surface area contributed by atoms with Crippen LogP contribution in [-0.4, -0.2) is 34.3 Å². The molecular formula is C22H20ClF5N4O. The van der Waals surface area contributed by atoms with Crippen molar-refractivity contribution < 1.29 is 26.7 Å². The number of nitrogens with zero attached hydrogens (tertiary/aromatic N) is 3. The van der Waals surface area contributed by atoms with E-state index < -0.39 is 19.3 Å². The summed E-state index contributed by atoms with van der Waals surface area (Å²) in [5, 5.41) is 2.54. The summed E-state index contributed by atoms with van der Waals surface area (Å²) in [5.74, 6) is -0.656. The SMILES string of the molecule is CCCC(c1cnc(NCC(F)(F)F)nc1)c1cnc(OC(F)F)c(-c2cccc(Cl)c2)c1. The van der Waals surface area contributed by atoms with E-state index >= 15 is 0 Å². The third kappa shape index (κ3) is 6.98. The molecule has 3 aromatic rings. The first-order chi connectivity index (χ1) is 15.7. The molecule has 5 nitrogen and oxygen atoms in total. The van der Waals surface area contributed by atoms with Crippen LogP contribution in [0.1, 0.15) is 36.8 Å². The van der Waals surface area contributed by atoms with E-state index in [1.807, 2.05) is 6.92 Å². The van der Waals surface area contributed by atoms with Gasteiger partial charge in [0.15, 0.2) is 0 Å². The Labute approximate surface area is 192 Å². The van der Waals surface area contributed by atoms with Crippen LogP contribution in [0.15, 0.2) is 48.9 Å². The number of hydrogen-bond donors (Lipinski definition) is 1. The maximum atomic E-state index is 12.9. The second-order valence-corrected chi connectivity index (χ2v) is 7.60. The molecule has 2 aromatic heterocycles. The Balaban J connectivity index is 1.96. The summed E-state index contributed by atoms with van der Waals surface area (Å²) in [6.45, 7) is -2.34. The topological polar surface area (TPSA) is 59.9 Å². The zero-order valence-electron chi connectivity index (χ0n) is 17.4. The molecule has 3 rings (SSSR count). The standard InChI is InChI=1S/C22H20ClF5N4O/c1-2-4-17(15-10-30-21(31-11-15)32-12-22(26,27)28)14-8-18(13-5-3-6-16(23)7-13)19(29-9-14)33-20(24)25/h3,5-11,17,20H,2,4,12H2,1H3,(H,30,31,32). The molecule has 0 saturated carbocycles. The summed E-state index contributed by atoms with van der Waals surface area (Å²) in [4.78, 5) is 12.1. The van der Waals surface area contributed by atoms with E-state index in [2.05, 4.69) is 25.0 Å². The molecule has 1 aromatic carbocycles. The van der Waals surface area contributed by atoms with E-state index in [0.717, 1.165) is 6.42 Å². The lowest BCUT2D eigenvalue weighted by Crippen LogP contribution is -2.22. The zero-order valence-corrected chi connectivity index (χ0v) is 18.2. The van der Waals surface area contributed by atoms with Crippen molar-refractivity contribution in [1.29, 1.82) is 0 Å². The molecular weight excluding hydrogens is 467 g/mol. The van der Waals surface area contributed by atoms with Gasteiger partial charge in [-0.2, -0.15) is 22.0 Å². The molecule has 0 spiro atoms. The van der Waals surface area contributed by atoms with Gasteiger partial charge in [0, 0.05) is 35.1 Å². The molecule has 1 atom stereocenters. The highest BCUT2D eigenvalue weighted by molar-refractivity contribution is 6.30. The van der Waals surface area contributed by atoms with E-state index in [4.69, 9.17) is 11.6 Å². The predicted molar refractivity (Wildman–Crippen MR) is 115 cm³/mol. The molecule has 0 aliphatic heterocycles. The van der Waals surface area contributed by atoms with Gasteiger partial charge in [0.05, 0.1) is 0 Å². The van der Waals surface area contributed by atoms with Crippen molar-refractivity contribution in [2.75, 3.05) is 11.9 Å². The monoisotopic (exact) mass is 486 g/mol. The molecule has 0 fully saturated rings. The first kappa shape index (κ1) is 24.6. The summed E-state index contributed by atoms with van der Waals surface area (Å²) < 4.78 is 67.6. The number of halogens is 6. The van der Waals surface area contributed by atoms with Gasteiger partial charge in [0.1, 0.15) is 6.54 Å². The van der Waals surface area contributed by atoms with E-state index in [-0.39, 0.29) is 17.7 Å². The largest absolute Gasteiger partial charge is 0.416 e. The second-order valence-electron chi connectivity index (χ2n) is 7.16. The van der Waals surface area contributed by atoms with Crippen LogP contribution in [0.25, 0.3) is 11.1 Å². The van der Waals surface area contributed by atoms with Gasteiger partial charge < -0.3 is 10.1 Å². The highest BCUT2D eigenvalue weighted by Gasteiger charge is 2.27. The molecule has 0 aliphatic carbocycles. The zero-order chi connectivity index (χ0) is 24.0. The third-order valence-corrected chi connectivity index (χ3v) is 4.94. The smallest absolute Gasteiger partial charge is 0.405 e. The molecule has 0 saturated heterocycles. The van der Waals surface area contributed by atoms with E-state index in [1.54, 1.807) is 30.3 Å². The van der Waals surface area contributed by atoms with E-state index in [9.17, 15) is 22.0 Å². The molecule has 1 N–H and O–H groups in total. The first-order valence-electron chi connectivity index (χ1n) is 9.99. The average molecular weight is 487 g/mol. The lowest BCUT2D eigenvalue weighted by atomic mass is 9.89. The van der Waals surface area contributed by atoms with E-state index in [1.165, 1.54) is 18.6 Å². The maximum absolute atomic E-state index is 12.9. The summed E-state index contributed by atoms with van der Waals surface area (Å²) >= 11 is 6.07. The normalized spacial score (nSPS) is 12.6. The van der Waals surface area contributed by atoms with E-state index in [0.29, 0.717) is 33.7 Å². The number of benzene rings is 1. The fraction of sp³-hybridized carbons (Fsp3) is 0.318. The van der Waals surface area contributed by atoms with Crippen LogP contribution in [0, 0.1) is 0 Å². The minimum absolute atomic E-state index is 0.148. The van der Waals surface area contributed by atoms with Crippen molar-refractivity contribution in [3.8, 4) is 17.0 Å². The van der Waals surface area contributed by atoms with Crippen LogP contribution in [0.5, 0.6) is 5.88 Å². The van der Waals surface area contributed by atoms with Gasteiger partial charge in [0.25, 0.3) is 0 Å². The highest BCUT2D eigenvalue weighted by Crippen LogP contribution is 2.36. The number of pyridine rings is 1. The Hall–Kier alpha value is -3.01. The number of aromatic nitrogens is 3. The van der Waals surface area contributed by atoms with Gasteiger partial charge in [-0.1, -0.05) is 37.1 Å². The molecule has 0 aliphatic rings. The first-order valence-corrected chi connectivity index (χ1v) is 10.4. The summed E-state index contributed by atoms with van der Waals surface area (Å²) in [5.41, 5.74) is 2.22. The minimum atomic E-state index is -4.39. The molecule has 0 bridgehead atoms.